The standard InChI is InChI=1S/C12H23N3O2/c16-7-4-2-1-3-5-13-9-12-10-14-15(11-12)6-8-17/h10-11,13,16-17H,1-9H2. The Balaban J connectivity index is 2.01. The van der Waals surface area contributed by atoms with Crippen LogP contribution in [-0.4, -0.2) is 39.8 Å². The molecule has 1 aromatic rings. The lowest BCUT2D eigenvalue weighted by Gasteiger charge is -2.02. The highest BCUT2D eigenvalue weighted by atomic mass is 16.3. The van der Waals surface area contributed by atoms with Crippen LogP contribution in [0.4, 0.5) is 0 Å². The number of hydrogen-bond acceptors (Lipinski definition) is 4. The molecule has 1 aromatic heterocycles. The van der Waals surface area contributed by atoms with Gasteiger partial charge in [0.1, 0.15) is 0 Å². The number of nitrogens with one attached hydrogen (secondary N) is 1. The van der Waals surface area contributed by atoms with E-state index < -0.39 is 0 Å². The van der Waals surface area contributed by atoms with E-state index in [0.29, 0.717) is 13.2 Å². The summed E-state index contributed by atoms with van der Waals surface area (Å²) < 4.78 is 1.75. The molecule has 0 aromatic carbocycles. The SMILES string of the molecule is OCCCCCCNCc1cnn(CCO)c1. The van der Waals surface area contributed by atoms with Crippen LogP contribution in [-0.2, 0) is 13.1 Å². The van der Waals surface area contributed by atoms with Crippen LogP contribution in [0.1, 0.15) is 31.2 Å². The summed E-state index contributed by atoms with van der Waals surface area (Å²) >= 11 is 0. The van der Waals surface area contributed by atoms with Crippen LogP contribution in [0, 0.1) is 0 Å². The van der Waals surface area contributed by atoms with Gasteiger partial charge in [0.25, 0.3) is 0 Å². The highest BCUT2D eigenvalue weighted by Crippen LogP contribution is 1.99. The normalized spacial score (nSPS) is 10.9. The number of aromatic nitrogens is 2. The van der Waals surface area contributed by atoms with E-state index in [0.717, 1.165) is 44.3 Å². The van der Waals surface area contributed by atoms with E-state index in [9.17, 15) is 0 Å². The van der Waals surface area contributed by atoms with Crippen molar-refractivity contribution in [3.05, 3.63) is 18.0 Å². The highest BCUT2D eigenvalue weighted by Gasteiger charge is 1.97. The van der Waals surface area contributed by atoms with Gasteiger partial charge in [-0.1, -0.05) is 12.8 Å². The van der Waals surface area contributed by atoms with Crippen LogP contribution in [0.25, 0.3) is 0 Å². The van der Waals surface area contributed by atoms with Crippen molar-refractivity contribution in [2.24, 2.45) is 0 Å². The average molecular weight is 241 g/mol. The third-order valence-electron chi connectivity index (χ3n) is 2.61. The summed E-state index contributed by atoms with van der Waals surface area (Å²) in [6.45, 7) is 2.81. The van der Waals surface area contributed by atoms with Crippen molar-refractivity contribution in [1.82, 2.24) is 15.1 Å². The Morgan fingerprint density at radius 2 is 1.94 bits per heavy atom. The Labute approximate surface area is 102 Å². The van der Waals surface area contributed by atoms with E-state index in [1.54, 1.807) is 4.68 Å². The van der Waals surface area contributed by atoms with E-state index >= 15 is 0 Å². The molecule has 0 unspecified atom stereocenters. The first-order chi connectivity index (χ1) is 8.36. The first kappa shape index (κ1) is 14.2. The molecule has 5 nitrogen and oxygen atoms in total. The molecular weight excluding hydrogens is 218 g/mol. The monoisotopic (exact) mass is 241 g/mol. The van der Waals surface area contributed by atoms with Gasteiger partial charge in [0, 0.05) is 24.9 Å². The van der Waals surface area contributed by atoms with E-state index in [2.05, 4.69) is 10.4 Å². The molecule has 5 heteroatoms. The van der Waals surface area contributed by atoms with Crippen LogP contribution < -0.4 is 5.32 Å². The Bertz CT molecular complexity index is 289. The van der Waals surface area contributed by atoms with Gasteiger partial charge in [-0.25, -0.2) is 0 Å². The molecule has 0 amide bonds. The van der Waals surface area contributed by atoms with Gasteiger partial charge in [-0.3, -0.25) is 4.68 Å². The number of aliphatic hydroxyl groups is 2. The van der Waals surface area contributed by atoms with Crippen molar-refractivity contribution in [1.29, 1.82) is 0 Å². The van der Waals surface area contributed by atoms with Gasteiger partial charge in [0.2, 0.25) is 0 Å². The molecule has 0 saturated heterocycles. The second kappa shape index (κ2) is 9.15. The molecule has 0 saturated carbocycles. The lowest BCUT2D eigenvalue weighted by molar-refractivity contribution is 0.269. The smallest absolute Gasteiger partial charge is 0.0640 e. The fourth-order valence-corrected chi connectivity index (χ4v) is 1.67. The summed E-state index contributed by atoms with van der Waals surface area (Å²) in [4.78, 5) is 0. The summed E-state index contributed by atoms with van der Waals surface area (Å²) in [6.07, 6.45) is 8.10. The molecule has 0 fully saturated rings. The van der Waals surface area contributed by atoms with Gasteiger partial charge in [-0.2, -0.15) is 5.10 Å². The van der Waals surface area contributed by atoms with E-state index in [1.807, 2.05) is 12.4 Å². The maximum atomic E-state index is 8.75. The molecule has 0 aliphatic carbocycles. The molecule has 17 heavy (non-hydrogen) atoms. The average Bonchev–Trinajstić information content (AvgIpc) is 2.76. The highest BCUT2D eigenvalue weighted by molar-refractivity contribution is 5.03. The number of rotatable bonds is 10. The fourth-order valence-electron chi connectivity index (χ4n) is 1.67. The minimum absolute atomic E-state index is 0.124. The third-order valence-corrected chi connectivity index (χ3v) is 2.61. The minimum Gasteiger partial charge on any atom is -0.396 e. The first-order valence-electron chi connectivity index (χ1n) is 6.30. The van der Waals surface area contributed by atoms with Crippen LogP contribution >= 0.6 is 0 Å². The lowest BCUT2D eigenvalue weighted by Crippen LogP contribution is -2.14. The van der Waals surface area contributed by atoms with E-state index in [-0.39, 0.29) is 6.61 Å². The molecule has 1 rings (SSSR count). The van der Waals surface area contributed by atoms with Crippen LogP contribution in [0.5, 0.6) is 0 Å². The second-order valence-corrected chi connectivity index (χ2v) is 4.15. The van der Waals surface area contributed by atoms with Gasteiger partial charge < -0.3 is 15.5 Å². The molecule has 0 bridgehead atoms. The van der Waals surface area contributed by atoms with Crippen molar-refractivity contribution >= 4 is 0 Å². The van der Waals surface area contributed by atoms with Crippen LogP contribution in [0.3, 0.4) is 0 Å². The van der Waals surface area contributed by atoms with Crippen molar-refractivity contribution < 1.29 is 10.2 Å². The number of hydrogen-bond donors (Lipinski definition) is 3. The largest absolute Gasteiger partial charge is 0.396 e. The second-order valence-electron chi connectivity index (χ2n) is 4.15. The zero-order chi connectivity index (χ0) is 12.3. The molecule has 1 heterocycles. The first-order valence-corrected chi connectivity index (χ1v) is 6.30. The predicted octanol–water partition coefficient (Wildman–Crippen LogP) is 0.518. The minimum atomic E-state index is 0.124. The van der Waals surface area contributed by atoms with Crippen molar-refractivity contribution in [2.45, 2.75) is 38.8 Å². The van der Waals surface area contributed by atoms with Crippen molar-refractivity contribution in [3.63, 3.8) is 0 Å². The summed E-state index contributed by atoms with van der Waals surface area (Å²) in [5.41, 5.74) is 1.15. The lowest BCUT2D eigenvalue weighted by atomic mass is 10.2. The van der Waals surface area contributed by atoms with Gasteiger partial charge in [0.05, 0.1) is 19.3 Å². The Hall–Kier alpha value is -0.910. The number of aliphatic hydroxyl groups excluding tert-OH is 2. The summed E-state index contributed by atoms with van der Waals surface area (Å²) in [7, 11) is 0. The summed E-state index contributed by atoms with van der Waals surface area (Å²) in [5.74, 6) is 0. The predicted molar refractivity (Wildman–Crippen MR) is 66.6 cm³/mol. The third kappa shape index (κ3) is 6.41. The Kier molecular flexibility index (Phi) is 7.62. The molecule has 0 atom stereocenters. The molecule has 0 aliphatic heterocycles. The van der Waals surface area contributed by atoms with Gasteiger partial charge in [-0.15, -0.1) is 0 Å². The zero-order valence-electron chi connectivity index (χ0n) is 10.3. The molecule has 98 valence electrons. The van der Waals surface area contributed by atoms with Crippen LogP contribution in [0.15, 0.2) is 12.4 Å². The Morgan fingerprint density at radius 3 is 2.71 bits per heavy atom. The molecule has 0 aliphatic rings. The van der Waals surface area contributed by atoms with Crippen molar-refractivity contribution in [2.75, 3.05) is 19.8 Å². The van der Waals surface area contributed by atoms with Gasteiger partial charge >= 0.3 is 0 Å². The van der Waals surface area contributed by atoms with Crippen LogP contribution in [0.2, 0.25) is 0 Å². The molecular formula is C12H23N3O2. The number of unbranched alkanes of at least 4 members (excludes halogenated alkanes) is 3. The van der Waals surface area contributed by atoms with E-state index in [1.165, 1.54) is 0 Å². The van der Waals surface area contributed by atoms with Crippen molar-refractivity contribution in [3.8, 4) is 0 Å². The summed E-state index contributed by atoms with van der Waals surface area (Å²) in [5, 5.41) is 24.9. The number of nitrogens with zero attached hydrogens (tertiary/aromatic N) is 2. The molecule has 0 spiro atoms. The summed E-state index contributed by atoms with van der Waals surface area (Å²) in [6, 6.07) is 0. The fraction of sp³-hybridized carbons (Fsp3) is 0.750. The van der Waals surface area contributed by atoms with E-state index in [4.69, 9.17) is 10.2 Å². The maximum Gasteiger partial charge on any atom is 0.0640 e. The maximum absolute atomic E-state index is 8.75. The molecule has 3 N–H and O–H groups in total. The quantitative estimate of drug-likeness (QED) is 0.522. The van der Waals surface area contributed by atoms with Gasteiger partial charge in [0.15, 0.2) is 0 Å². The zero-order valence-corrected chi connectivity index (χ0v) is 10.3. The topological polar surface area (TPSA) is 70.3 Å². The molecule has 0 radical (unpaired) electrons. The Morgan fingerprint density at radius 1 is 1.12 bits per heavy atom. The van der Waals surface area contributed by atoms with Gasteiger partial charge in [-0.05, 0) is 19.4 Å².